The number of hydrogen-bond donors (Lipinski definition) is 0. The van der Waals surface area contributed by atoms with Gasteiger partial charge in [-0.3, -0.25) is 4.79 Å². The lowest BCUT2D eigenvalue weighted by Crippen LogP contribution is -2.33. The van der Waals surface area contributed by atoms with E-state index >= 15 is 0 Å². The van der Waals surface area contributed by atoms with E-state index < -0.39 is 17.9 Å². The standard InChI is InChI=1S/C13H14FNO3/c14-11-7-4-8-15(9-12(11)16)18-13(17)10-5-2-1-3-6-10/h1-3,5-6,11H,4,7-9H2. The minimum atomic E-state index is -1.44. The molecule has 0 N–H and O–H groups in total. The minimum Gasteiger partial charge on any atom is -0.363 e. The van der Waals surface area contributed by atoms with E-state index in [4.69, 9.17) is 4.84 Å². The van der Waals surface area contributed by atoms with Crippen LogP contribution in [-0.4, -0.2) is 36.1 Å². The van der Waals surface area contributed by atoms with Crippen molar-refractivity contribution >= 4 is 11.8 Å². The fraction of sp³-hybridized carbons (Fsp3) is 0.385. The van der Waals surface area contributed by atoms with Gasteiger partial charge in [0, 0.05) is 6.54 Å². The maximum absolute atomic E-state index is 13.2. The summed E-state index contributed by atoms with van der Waals surface area (Å²) < 4.78 is 13.2. The third-order valence-corrected chi connectivity index (χ3v) is 2.77. The molecule has 1 unspecified atom stereocenters. The maximum Gasteiger partial charge on any atom is 0.357 e. The Labute approximate surface area is 104 Å². The lowest BCUT2D eigenvalue weighted by molar-refractivity contribution is -0.139. The quantitative estimate of drug-likeness (QED) is 0.803. The molecule has 0 aliphatic carbocycles. The van der Waals surface area contributed by atoms with Crippen molar-refractivity contribution in [3.63, 3.8) is 0 Å². The Morgan fingerprint density at radius 2 is 2.06 bits per heavy atom. The van der Waals surface area contributed by atoms with Crippen LogP contribution in [0.1, 0.15) is 23.2 Å². The highest BCUT2D eigenvalue weighted by Gasteiger charge is 2.26. The van der Waals surface area contributed by atoms with Gasteiger partial charge in [-0.2, -0.15) is 0 Å². The van der Waals surface area contributed by atoms with Crippen molar-refractivity contribution < 1.29 is 18.8 Å². The number of alkyl halides is 1. The van der Waals surface area contributed by atoms with Gasteiger partial charge in [0.05, 0.1) is 12.1 Å². The third kappa shape index (κ3) is 3.13. The molecule has 1 heterocycles. The van der Waals surface area contributed by atoms with Crippen LogP contribution in [0.4, 0.5) is 4.39 Å². The van der Waals surface area contributed by atoms with Gasteiger partial charge in [0.25, 0.3) is 0 Å². The molecule has 1 aromatic rings. The van der Waals surface area contributed by atoms with Crippen LogP contribution >= 0.6 is 0 Å². The van der Waals surface area contributed by atoms with Crippen molar-refractivity contribution in [2.24, 2.45) is 0 Å². The molecule has 1 saturated heterocycles. The third-order valence-electron chi connectivity index (χ3n) is 2.77. The molecule has 1 fully saturated rings. The molecule has 0 aromatic heterocycles. The zero-order valence-corrected chi connectivity index (χ0v) is 9.84. The summed E-state index contributed by atoms with van der Waals surface area (Å²) >= 11 is 0. The Bertz CT molecular complexity index is 435. The molecular weight excluding hydrogens is 237 g/mol. The normalized spacial score (nSPS) is 21.4. The number of halogens is 1. The highest BCUT2D eigenvalue weighted by atomic mass is 19.1. The zero-order chi connectivity index (χ0) is 13.0. The highest BCUT2D eigenvalue weighted by Crippen LogP contribution is 2.12. The Balaban J connectivity index is 1.97. The number of Topliss-reactive ketones (excluding diaryl/α,β-unsaturated/α-hetero) is 1. The summed E-state index contributed by atoms with van der Waals surface area (Å²) in [6.45, 7) is 0.199. The number of ketones is 1. The van der Waals surface area contributed by atoms with E-state index in [0.29, 0.717) is 18.5 Å². The monoisotopic (exact) mass is 251 g/mol. The second kappa shape index (κ2) is 5.73. The Morgan fingerprint density at radius 3 is 2.78 bits per heavy atom. The van der Waals surface area contributed by atoms with Crippen LogP contribution in [0.3, 0.4) is 0 Å². The lowest BCUT2D eigenvalue weighted by Gasteiger charge is -2.17. The van der Waals surface area contributed by atoms with Crippen LogP contribution in [0.5, 0.6) is 0 Å². The number of hydroxylamine groups is 2. The topological polar surface area (TPSA) is 46.6 Å². The number of rotatable bonds is 2. The number of nitrogens with zero attached hydrogens (tertiary/aromatic N) is 1. The first kappa shape index (κ1) is 12.7. The molecular formula is C13H14FNO3. The Hall–Kier alpha value is -1.75. The van der Waals surface area contributed by atoms with Crippen LogP contribution in [0.15, 0.2) is 30.3 Å². The Morgan fingerprint density at radius 1 is 1.33 bits per heavy atom. The number of benzene rings is 1. The van der Waals surface area contributed by atoms with Crippen molar-refractivity contribution in [3.8, 4) is 0 Å². The molecule has 0 spiro atoms. The smallest absolute Gasteiger partial charge is 0.357 e. The first-order valence-corrected chi connectivity index (χ1v) is 5.86. The SMILES string of the molecule is O=C(ON1CCCC(F)C(=O)C1)c1ccccc1. The molecule has 5 heteroatoms. The minimum absolute atomic E-state index is 0.181. The molecule has 0 saturated carbocycles. The van der Waals surface area contributed by atoms with Gasteiger partial charge in [0.2, 0.25) is 0 Å². The summed E-state index contributed by atoms with van der Waals surface area (Å²) in [6, 6.07) is 8.49. The molecule has 2 rings (SSSR count). The number of carbonyl (C=O) groups excluding carboxylic acids is 2. The largest absolute Gasteiger partial charge is 0.363 e. The average Bonchev–Trinajstić information content (AvgIpc) is 2.53. The fourth-order valence-electron chi connectivity index (χ4n) is 1.78. The maximum atomic E-state index is 13.2. The van der Waals surface area contributed by atoms with E-state index in [0.717, 1.165) is 0 Å². The van der Waals surface area contributed by atoms with Gasteiger partial charge in [-0.1, -0.05) is 18.2 Å². The molecule has 18 heavy (non-hydrogen) atoms. The predicted octanol–water partition coefficient (Wildman–Crippen LogP) is 1.76. The van der Waals surface area contributed by atoms with Crippen molar-refractivity contribution in [2.45, 2.75) is 19.0 Å². The van der Waals surface area contributed by atoms with Crippen LogP contribution in [-0.2, 0) is 9.63 Å². The van der Waals surface area contributed by atoms with Gasteiger partial charge < -0.3 is 4.84 Å². The second-order valence-corrected chi connectivity index (χ2v) is 4.18. The molecule has 0 bridgehead atoms. The van der Waals surface area contributed by atoms with Gasteiger partial charge in [-0.25, -0.2) is 9.18 Å². The molecule has 0 amide bonds. The number of hydrogen-bond acceptors (Lipinski definition) is 4. The van der Waals surface area contributed by atoms with E-state index in [-0.39, 0.29) is 13.0 Å². The fourth-order valence-corrected chi connectivity index (χ4v) is 1.78. The van der Waals surface area contributed by atoms with Crippen molar-refractivity contribution in [1.82, 2.24) is 5.06 Å². The van der Waals surface area contributed by atoms with Gasteiger partial charge in [-0.15, -0.1) is 5.06 Å². The van der Waals surface area contributed by atoms with Crippen LogP contribution < -0.4 is 0 Å². The Kier molecular flexibility index (Phi) is 4.04. The summed E-state index contributed by atoms with van der Waals surface area (Å²) in [7, 11) is 0. The van der Waals surface area contributed by atoms with Crippen LogP contribution in [0, 0.1) is 0 Å². The molecule has 1 aliphatic heterocycles. The van der Waals surface area contributed by atoms with E-state index in [1.54, 1.807) is 30.3 Å². The van der Waals surface area contributed by atoms with Crippen molar-refractivity contribution in [3.05, 3.63) is 35.9 Å². The molecule has 1 atom stereocenters. The first-order chi connectivity index (χ1) is 8.66. The summed E-state index contributed by atoms with van der Waals surface area (Å²) in [6.07, 6.45) is -0.752. The predicted molar refractivity (Wildman–Crippen MR) is 62.6 cm³/mol. The lowest BCUT2D eigenvalue weighted by atomic mass is 10.2. The van der Waals surface area contributed by atoms with Gasteiger partial charge in [0.1, 0.15) is 0 Å². The number of carbonyl (C=O) groups is 2. The molecule has 1 aliphatic rings. The average molecular weight is 251 g/mol. The zero-order valence-electron chi connectivity index (χ0n) is 9.84. The van der Waals surface area contributed by atoms with Crippen molar-refractivity contribution in [1.29, 1.82) is 0 Å². The summed E-state index contributed by atoms with van der Waals surface area (Å²) in [5.74, 6) is -1.06. The molecule has 96 valence electrons. The molecule has 4 nitrogen and oxygen atoms in total. The van der Waals surface area contributed by atoms with E-state index in [2.05, 4.69) is 0 Å². The van der Waals surface area contributed by atoms with Gasteiger partial charge >= 0.3 is 5.97 Å². The highest BCUT2D eigenvalue weighted by molar-refractivity contribution is 5.89. The first-order valence-electron chi connectivity index (χ1n) is 5.86. The van der Waals surface area contributed by atoms with Crippen LogP contribution in [0.25, 0.3) is 0 Å². The van der Waals surface area contributed by atoms with Gasteiger partial charge in [0.15, 0.2) is 12.0 Å². The van der Waals surface area contributed by atoms with E-state index in [1.165, 1.54) is 5.06 Å². The van der Waals surface area contributed by atoms with Crippen LogP contribution in [0.2, 0.25) is 0 Å². The molecule has 1 aromatic carbocycles. The summed E-state index contributed by atoms with van der Waals surface area (Å²) in [5, 5.41) is 1.23. The van der Waals surface area contributed by atoms with E-state index in [9.17, 15) is 14.0 Å². The summed E-state index contributed by atoms with van der Waals surface area (Å²) in [5.41, 5.74) is 0.408. The van der Waals surface area contributed by atoms with Crippen molar-refractivity contribution in [2.75, 3.05) is 13.1 Å². The summed E-state index contributed by atoms with van der Waals surface area (Å²) in [4.78, 5) is 28.2. The van der Waals surface area contributed by atoms with E-state index in [1.807, 2.05) is 0 Å². The second-order valence-electron chi connectivity index (χ2n) is 4.18. The van der Waals surface area contributed by atoms with Gasteiger partial charge in [-0.05, 0) is 25.0 Å². The molecule has 0 radical (unpaired) electrons.